The van der Waals surface area contributed by atoms with Crippen LogP contribution in [0.4, 0.5) is 18.9 Å². The van der Waals surface area contributed by atoms with Gasteiger partial charge < -0.3 is 10.4 Å². The van der Waals surface area contributed by atoms with Crippen molar-refractivity contribution in [2.45, 2.75) is 38.0 Å². The summed E-state index contributed by atoms with van der Waals surface area (Å²) in [5.74, 6) is -0.886. The summed E-state index contributed by atoms with van der Waals surface area (Å²) in [4.78, 5) is 12.6. The number of carbonyl (C=O) groups is 1. The van der Waals surface area contributed by atoms with E-state index < -0.39 is 17.7 Å². The number of nitriles is 1. The summed E-state index contributed by atoms with van der Waals surface area (Å²) < 4.78 is 38.0. The predicted molar refractivity (Wildman–Crippen MR) is 81.5 cm³/mol. The van der Waals surface area contributed by atoms with E-state index in [2.05, 4.69) is 5.32 Å². The van der Waals surface area contributed by atoms with Crippen LogP contribution in [0.15, 0.2) is 18.2 Å². The molecule has 2 rings (SSSR count). The van der Waals surface area contributed by atoms with Gasteiger partial charge in [0, 0.05) is 12.1 Å². The van der Waals surface area contributed by atoms with Crippen molar-refractivity contribution in [3.05, 3.63) is 29.3 Å². The zero-order chi connectivity index (χ0) is 17.9. The molecule has 1 aromatic rings. The lowest BCUT2D eigenvalue weighted by Crippen LogP contribution is -2.51. The molecule has 1 aliphatic carbocycles. The van der Waals surface area contributed by atoms with Crippen molar-refractivity contribution in [2.75, 3.05) is 18.4 Å². The second-order valence-corrected chi connectivity index (χ2v) is 5.79. The van der Waals surface area contributed by atoms with E-state index in [1.807, 2.05) is 11.8 Å². The molecule has 0 aromatic heterocycles. The SMILES string of the molecule is CCN(CC(=O)O)C1CC(Nc2ccc(C(F)(F)F)cc2C#N)C1. The van der Waals surface area contributed by atoms with Crippen molar-refractivity contribution in [3.8, 4) is 6.07 Å². The molecule has 8 heteroatoms. The number of carboxylic acid groups (broad SMARTS) is 1. The maximum absolute atomic E-state index is 12.7. The van der Waals surface area contributed by atoms with E-state index in [9.17, 15) is 18.0 Å². The van der Waals surface area contributed by atoms with Gasteiger partial charge >= 0.3 is 12.1 Å². The minimum Gasteiger partial charge on any atom is -0.480 e. The zero-order valence-electron chi connectivity index (χ0n) is 13.1. The van der Waals surface area contributed by atoms with Gasteiger partial charge in [-0.2, -0.15) is 18.4 Å². The number of hydrogen-bond donors (Lipinski definition) is 2. The van der Waals surface area contributed by atoms with Crippen LogP contribution in [0.5, 0.6) is 0 Å². The van der Waals surface area contributed by atoms with Crippen LogP contribution in [0.1, 0.15) is 30.9 Å². The molecule has 2 N–H and O–H groups in total. The van der Waals surface area contributed by atoms with Crippen molar-refractivity contribution in [3.63, 3.8) is 0 Å². The largest absolute Gasteiger partial charge is 0.480 e. The lowest BCUT2D eigenvalue weighted by Gasteiger charge is -2.42. The minimum atomic E-state index is -4.48. The van der Waals surface area contributed by atoms with E-state index in [0.29, 0.717) is 25.1 Å². The Morgan fingerprint density at radius 2 is 2.12 bits per heavy atom. The number of anilines is 1. The quantitative estimate of drug-likeness (QED) is 0.832. The Morgan fingerprint density at radius 3 is 2.62 bits per heavy atom. The summed E-state index contributed by atoms with van der Waals surface area (Å²) in [5.41, 5.74) is -0.531. The van der Waals surface area contributed by atoms with Crippen molar-refractivity contribution in [1.82, 2.24) is 4.90 Å². The van der Waals surface area contributed by atoms with Crippen molar-refractivity contribution in [1.29, 1.82) is 5.26 Å². The molecule has 130 valence electrons. The summed E-state index contributed by atoms with van der Waals surface area (Å²) in [6, 6.07) is 4.97. The highest BCUT2D eigenvalue weighted by Gasteiger charge is 2.35. The maximum atomic E-state index is 12.7. The lowest BCUT2D eigenvalue weighted by atomic mass is 9.85. The third-order valence-electron chi connectivity index (χ3n) is 4.20. The number of benzene rings is 1. The van der Waals surface area contributed by atoms with Gasteiger partial charge in [-0.05, 0) is 37.6 Å². The molecular formula is C16H18F3N3O2. The Morgan fingerprint density at radius 1 is 1.46 bits per heavy atom. The fourth-order valence-electron chi connectivity index (χ4n) is 2.84. The second-order valence-electron chi connectivity index (χ2n) is 5.79. The smallest absolute Gasteiger partial charge is 0.416 e. The molecule has 0 aliphatic heterocycles. The number of nitrogens with one attached hydrogen (secondary N) is 1. The van der Waals surface area contributed by atoms with Crippen molar-refractivity contribution in [2.24, 2.45) is 0 Å². The molecule has 1 aliphatic rings. The Balaban J connectivity index is 1.99. The maximum Gasteiger partial charge on any atom is 0.416 e. The van der Waals surface area contributed by atoms with Gasteiger partial charge in [-0.3, -0.25) is 9.69 Å². The fourth-order valence-corrected chi connectivity index (χ4v) is 2.84. The number of aliphatic carboxylic acids is 1. The highest BCUT2D eigenvalue weighted by Crippen LogP contribution is 2.34. The highest BCUT2D eigenvalue weighted by atomic mass is 19.4. The summed E-state index contributed by atoms with van der Waals surface area (Å²) in [6.07, 6.45) is -3.11. The van der Waals surface area contributed by atoms with Gasteiger partial charge in [-0.25, -0.2) is 0 Å². The van der Waals surface area contributed by atoms with Crippen LogP contribution >= 0.6 is 0 Å². The van der Waals surface area contributed by atoms with E-state index >= 15 is 0 Å². The molecule has 5 nitrogen and oxygen atoms in total. The van der Waals surface area contributed by atoms with Gasteiger partial charge in [0.2, 0.25) is 0 Å². The number of alkyl halides is 3. The summed E-state index contributed by atoms with van der Waals surface area (Å²) in [6.45, 7) is 2.47. The fraction of sp³-hybridized carbons (Fsp3) is 0.500. The van der Waals surface area contributed by atoms with Crippen molar-refractivity contribution < 1.29 is 23.1 Å². The third-order valence-corrected chi connectivity index (χ3v) is 4.20. The number of nitrogens with zero attached hydrogens (tertiary/aromatic N) is 2. The second kappa shape index (κ2) is 7.09. The van der Waals surface area contributed by atoms with Crippen LogP contribution in [0.2, 0.25) is 0 Å². The van der Waals surface area contributed by atoms with Gasteiger partial charge in [-0.1, -0.05) is 6.92 Å². The predicted octanol–water partition coefficient (Wildman–Crippen LogP) is 2.93. The summed E-state index contributed by atoms with van der Waals surface area (Å²) >= 11 is 0. The Kier molecular flexibility index (Phi) is 5.34. The topological polar surface area (TPSA) is 76.4 Å². The van der Waals surface area contributed by atoms with Gasteiger partial charge in [0.15, 0.2) is 0 Å². The van der Waals surface area contributed by atoms with Gasteiger partial charge in [0.25, 0.3) is 0 Å². The molecule has 0 saturated heterocycles. The number of carboxylic acids is 1. The van der Waals surface area contributed by atoms with Crippen LogP contribution < -0.4 is 5.32 Å². The molecule has 1 fully saturated rings. The van der Waals surface area contributed by atoms with E-state index in [4.69, 9.17) is 10.4 Å². The summed E-state index contributed by atoms with van der Waals surface area (Å²) in [5, 5.41) is 21.0. The van der Waals surface area contributed by atoms with Crippen molar-refractivity contribution >= 4 is 11.7 Å². The first kappa shape index (κ1) is 18.1. The minimum absolute atomic E-state index is 0.0154. The lowest BCUT2D eigenvalue weighted by molar-refractivity contribution is -0.139. The number of rotatable bonds is 6. The standard InChI is InChI=1S/C16H18F3N3O2/c1-2-22(9-15(23)24)13-6-12(7-13)21-14-4-3-11(16(17,18)19)5-10(14)8-20/h3-5,12-13,21H,2,6-7,9H2,1H3,(H,23,24). The molecule has 0 radical (unpaired) electrons. The number of halogens is 3. The number of likely N-dealkylation sites (N-methyl/N-ethyl adjacent to an activating group) is 1. The van der Waals surface area contributed by atoms with Gasteiger partial charge in [-0.15, -0.1) is 0 Å². The Labute approximate surface area is 137 Å². The monoisotopic (exact) mass is 341 g/mol. The van der Waals surface area contributed by atoms with Gasteiger partial charge in [0.05, 0.1) is 23.4 Å². The van der Waals surface area contributed by atoms with Crippen LogP contribution in [0, 0.1) is 11.3 Å². The van der Waals surface area contributed by atoms with E-state index in [-0.39, 0.29) is 24.2 Å². The number of hydrogen-bond acceptors (Lipinski definition) is 4. The molecule has 0 atom stereocenters. The normalized spacial score (nSPS) is 20.3. The van der Waals surface area contributed by atoms with Crippen LogP contribution in [0.25, 0.3) is 0 Å². The molecule has 1 aromatic carbocycles. The molecule has 24 heavy (non-hydrogen) atoms. The van der Waals surface area contributed by atoms with Crippen LogP contribution in [0.3, 0.4) is 0 Å². The molecule has 0 amide bonds. The first-order chi connectivity index (χ1) is 11.2. The Bertz CT molecular complexity index is 649. The molecular weight excluding hydrogens is 323 g/mol. The van der Waals surface area contributed by atoms with Crippen LogP contribution in [-0.2, 0) is 11.0 Å². The van der Waals surface area contributed by atoms with E-state index in [1.165, 1.54) is 6.07 Å². The first-order valence-corrected chi connectivity index (χ1v) is 7.58. The average molecular weight is 341 g/mol. The molecule has 1 saturated carbocycles. The van der Waals surface area contributed by atoms with Crippen LogP contribution in [-0.4, -0.2) is 41.1 Å². The molecule has 0 spiro atoms. The van der Waals surface area contributed by atoms with E-state index in [0.717, 1.165) is 12.1 Å². The third kappa shape index (κ3) is 4.17. The average Bonchev–Trinajstić information content (AvgIpc) is 2.47. The molecule has 0 heterocycles. The van der Waals surface area contributed by atoms with E-state index in [1.54, 1.807) is 6.07 Å². The zero-order valence-corrected chi connectivity index (χ0v) is 13.1. The summed E-state index contributed by atoms with van der Waals surface area (Å²) in [7, 11) is 0. The molecule has 0 bridgehead atoms. The highest BCUT2D eigenvalue weighted by molar-refractivity contribution is 5.69. The first-order valence-electron chi connectivity index (χ1n) is 7.58. The molecule has 0 unspecified atom stereocenters. The Hall–Kier alpha value is -2.27. The van der Waals surface area contributed by atoms with Gasteiger partial charge in [0.1, 0.15) is 6.07 Å².